The van der Waals surface area contributed by atoms with E-state index in [0.717, 1.165) is 24.8 Å². The monoisotopic (exact) mass is 425 g/mol. The number of aromatic hydroxyl groups is 2. The average molecular weight is 426 g/mol. The molecule has 4 atom stereocenters. The third kappa shape index (κ3) is 2.69. The summed E-state index contributed by atoms with van der Waals surface area (Å²) in [4.78, 5) is 15.5. The molecule has 1 aromatic heterocycles. The summed E-state index contributed by atoms with van der Waals surface area (Å²) in [7, 11) is 0. The molecule has 5 rings (SSSR count). The lowest BCUT2D eigenvalue weighted by atomic mass is 9.44. The molecule has 4 unspecified atom stereocenters. The highest BCUT2D eigenvalue weighted by molar-refractivity contribution is 5.96. The van der Waals surface area contributed by atoms with Gasteiger partial charge >= 0.3 is 5.97 Å². The number of ether oxygens (including phenoxy) is 1. The largest absolute Gasteiger partial charge is 0.503 e. The smallest absolute Gasteiger partial charge is 0.354 e. The predicted octanol–water partition coefficient (Wildman–Crippen LogP) is 5.28. The van der Waals surface area contributed by atoms with Gasteiger partial charge in [-0.2, -0.15) is 0 Å². The van der Waals surface area contributed by atoms with Gasteiger partial charge in [0.25, 0.3) is 0 Å². The summed E-state index contributed by atoms with van der Waals surface area (Å²) in [5.41, 5.74) is 0.749. The summed E-state index contributed by atoms with van der Waals surface area (Å²) < 4.78 is 6.55. The van der Waals surface area contributed by atoms with E-state index in [4.69, 9.17) is 4.74 Å². The molecule has 1 aromatic carbocycles. The maximum atomic E-state index is 11.4. The minimum absolute atomic E-state index is 0.112. The molecule has 2 saturated carbocycles. The fourth-order valence-corrected chi connectivity index (χ4v) is 7.41. The van der Waals surface area contributed by atoms with Gasteiger partial charge in [0.2, 0.25) is 5.75 Å². The fourth-order valence-electron chi connectivity index (χ4n) is 7.41. The van der Waals surface area contributed by atoms with Crippen molar-refractivity contribution < 1.29 is 24.9 Å². The third-order valence-electron chi connectivity index (χ3n) is 8.86. The number of fused-ring (bicyclic) bond motifs is 6. The number of carboxylic acid groups (broad SMARTS) is 1. The van der Waals surface area contributed by atoms with E-state index in [1.165, 1.54) is 18.9 Å². The lowest BCUT2D eigenvalue weighted by Gasteiger charge is -2.63. The van der Waals surface area contributed by atoms with Crippen LogP contribution in [0.1, 0.15) is 75.9 Å². The van der Waals surface area contributed by atoms with Gasteiger partial charge in [-0.25, -0.2) is 9.78 Å². The zero-order valence-electron chi connectivity index (χ0n) is 18.7. The molecule has 2 aliphatic carbocycles. The molecule has 0 amide bonds. The van der Waals surface area contributed by atoms with Gasteiger partial charge < -0.3 is 20.1 Å². The van der Waals surface area contributed by atoms with Crippen LogP contribution in [0.3, 0.4) is 0 Å². The summed E-state index contributed by atoms with van der Waals surface area (Å²) in [6.07, 6.45) is 6.32. The van der Waals surface area contributed by atoms with Crippen molar-refractivity contribution in [3.05, 3.63) is 23.4 Å². The second-order valence-corrected chi connectivity index (χ2v) is 11.0. The van der Waals surface area contributed by atoms with Crippen molar-refractivity contribution in [2.75, 3.05) is 0 Å². The lowest BCUT2D eigenvalue weighted by Crippen LogP contribution is -2.61. The van der Waals surface area contributed by atoms with Gasteiger partial charge in [0.05, 0.1) is 0 Å². The Labute approximate surface area is 182 Å². The van der Waals surface area contributed by atoms with Crippen LogP contribution < -0.4 is 4.74 Å². The van der Waals surface area contributed by atoms with Crippen LogP contribution in [0.15, 0.2) is 12.1 Å². The van der Waals surface area contributed by atoms with Crippen LogP contribution in [0.2, 0.25) is 0 Å². The van der Waals surface area contributed by atoms with E-state index < -0.39 is 17.3 Å². The number of aromatic carboxylic acids is 1. The van der Waals surface area contributed by atoms with Crippen molar-refractivity contribution in [1.82, 2.24) is 4.98 Å². The number of rotatable bonds is 1. The van der Waals surface area contributed by atoms with E-state index in [-0.39, 0.29) is 33.7 Å². The SMILES string of the molecule is CC1(C)CCCC2(C)C1CCC1(C)Oc3c(O)c(O)c4nc(C(=O)O)ccc4c3CC12. The number of nitrogens with zero attached hydrogens (tertiary/aromatic N) is 1. The van der Waals surface area contributed by atoms with E-state index in [9.17, 15) is 20.1 Å². The lowest BCUT2D eigenvalue weighted by molar-refractivity contribution is -0.163. The summed E-state index contributed by atoms with van der Waals surface area (Å²) in [6, 6.07) is 3.13. The van der Waals surface area contributed by atoms with Crippen LogP contribution in [0.25, 0.3) is 10.9 Å². The number of phenolic OH excluding ortho intramolecular Hbond substituents is 2. The van der Waals surface area contributed by atoms with Crippen LogP contribution in [0.5, 0.6) is 17.2 Å². The average Bonchev–Trinajstić information content (AvgIpc) is 2.70. The normalized spacial score (nSPS) is 33.7. The molecular formula is C25H31NO5. The van der Waals surface area contributed by atoms with E-state index >= 15 is 0 Å². The van der Waals surface area contributed by atoms with E-state index in [1.54, 1.807) is 6.07 Å². The van der Waals surface area contributed by atoms with Crippen LogP contribution in [0.4, 0.5) is 0 Å². The van der Waals surface area contributed by atoms with Crippen molar-refractivity contribution in [1.29, 1.82) is 0 Å². The minimum Gasteiger partial charge on any atom is -0.503 e. The van der Waals surface area contributed by atoms with E-state index in [0.29, 0.717) is 23.5 Å². The molecule has 31 heavy (non-hydrogen) atoms. The van der Waals surface area contributed by atoms with Gasteiger partial charge in [-0.05, 0) is 67.9 Å². The Kier molecular flexibility index (Phi) is 4.13. The quantitative estimate of drug-likeness (QED) is 0.538. The molecule has 0 saturated heterocycles. The molecule has 6 nitrogen and oxygen atoms in total. The second-order valence-electron chi connectivity index (χ2n) is 11.0. The summed E-state index contributed by atoms with van der Waals surface area (Å²) in [5.74, 6) is -0.742. The molecular weight excluding hydrogens is 394 g/mol. The Balaban J connectivity index is 1.69. The van der Waals surface area contributed by atoms with Gasteiger partial charge in [0.1, 0.15) is 16.8 Å². The second kappa shape index (κ2) is 6.27. The summed E-state index contributed by atoms with van der Waals surface area (Å²) >= 11 is 0. The van der Waals surface area contributed by atoms with Crippen LogP contribution in [0, 0.1) is 22.7 Å². The van der Waals surface area contributed by atoms with Crippen molar-refractivity contribution >= 4 is 16.9 Å². The first kappa shape index (κ1) is 20.4. The van der Waals surface area contributed by atoms with Gasteiger partial charge in [-0.15, -0.1) is 0 Å². The number of benzene rings is 1. The van der Waals surface area contributed by atoms with Crippen molar-refractivity contribution in [3.63, 3.8) is 0 Å². The first-order valence-electron chi connectivity index (χ1n) is 11.3. The molecule has 1 aliphatic heterocycles. The van der Waals surface area contributed by atoms with Gasteiger partial charge in [0, 0.05) is 16.9 Å². The predicted molar refractivity (Wildman–Crippen MR) is 117 cm³/mol. The molecule has 3 aliphatic rings. The molecule has 2 aromatic rings. The fraction of sp³-hybridized carbons (Fsp3) is 0.600. The van der Waals surface area contributed by atoms with Crippen molar-refractivity contribution in [2.45, 2.75) is 71.8 Å². The molecule has 166 valence electrons. The Morgan fingerprint density at radius 1 is 1.06 bits per heavy atom. The van der Waals surface area contributed by atoms with E-state index in [1.807, 2.05) is 0 Å². The number of carboxylic acids is 1. The number of phenols is 2. The molecule has 0 radical (unpaired) electrons. The molecule has 3 N–H and O–H groups in total. The molecule has 2 heterocycles. The highest BCUT2D eigenvalue weighted by Crippen LogP contribution is 2.65. The van der Waals surface area contributed by atoms with Crippen LogP contribution in [-0.2, 0) is 6.42 Å². The van der Waals surface area contributed by atoms with Gasteiger partial charge in [-0.3, -0.25) is 0 Å². The standard InChI is InChI=1S/C25H31NO5/c1-23(2)9-5-10-24(3)16(23)8-11-25(4)17(24)12-14-13-6-7-15(22(29)30)26-18(13)19(27)20(28)21(14)31-25/h6-7,16-17,27-28H,5,8-12H2,1-4H3,(H,29,30). The third-order valence-corrected chi connectivity index (χ3v) is 8.86. The summed E-state index contributed by atoms with van der Waals surface area (Å²) in [5, 5.41) is 31.4. The number of hydrogen-bond donors (Lipinski definition) is 3. The van der Waals surface area contributed by atoms with Gasteiger partial charge in [-0.1, -0.05) is 27.2 Å². The number of carbonyl (C=O) groups is 1. The number of pyridine rings is 1. The molecule has 0 spiro atoms. The zero-order chi connectivity index (χ0) is 22.3. The maximum Gasteiger partial charge on any atom is 0.354 e. The summed E-state index contributed by atoms with van der Waals surface area (Å²) in [6.45, 7) is 9.35. The maximum absolute atomic E-state index is 11.4. The van der Waals surface area contributed by atoms with Crippen LogP contribution in [-0.4, -0.2) is 31.9 Å². The Hall–Kier alpha value is -2.50. The first-order valence-corrected chi connectivity index (χ1v) is 11.3. The molecule has 0 bridgehead atoms. The van der Waals surface area contributed by atoms with Gasteiger partial charge in [0.15, 0.2) is 11.5 Å². The topological polar surface area (TPSA) is 99.9 Å². The Morgan fingerprint density at radius 3 is 2.52 bits per heavy atom. The highest BCUT2D eigenvalue weighted by Gasteiger charge is 2.61. The Bertz CT molecular complexity index is 1110. The van der Waals surface area contributed by atoms with Crippen molar-refractivity contribution in [2.24, 2.45) is 22.7 Å². The number of hydrogen-bond acceptors (Lipinski definition) is 5. The highest BCUT2D eigenvalue weighted by atomic mass is 16.5. The minimum atomic E-state index is -1.17. The molecule has 2 fully saturated rings. The van der Waals surface area contributed by atoms with Crippen molar-refractivity contribution in [3.8, 4) is 17.2 Å². The molecule has 6 heteroatoms. The first-order chi connectivity index (χ1) is 14.5. The zero-order valence-corrected chi connectivity index (χ0v) is 18.7. The van der Waals surface area contributed by atoms with Crippen LogP contribution >= 0.6 is 0 Å². The van der Waals surface area contributed by atoms with E-state index in [2.05, 4.69) is 32.7 Å². The Morgan fingerprint density at radius 2 is 1.81 bits per heavy atom. The number of aromatic nitrogens is 1.